The zero-order valence-electron chi connectivity index (χ0n) is 11.3. The summed E-state index contributed by atoms with van der Waals surface area (Å²) < 4.78 is 48.2. The first-order valence-electron chi connectivity index (χ1n) is 6.11. The molecule has 110 valence electrons. The second-order valence-corrected chi connectivity index (χ2v) is 8.16. The molecule has 0 radical (unpaired) electrons. The summed E-state index contributed by atoms with van der Waals surface area (Å²) in [5.41, 5.74) is 0.926. The van der Waals surface area contributed by atoms with Gasteiger partial charge in [-0.1, -0.05) is 35.9 Å². The Hall–Kier alpha value is -1.92. The molecule has 0 aromatic heterocycles. The Kier molecular flexibility index (Phi) is 4.29. The summed E-state index contributed by atoms with van der Waals surface area (Å²) in [6.07, 6.45) is 0. The van der Waals surface area contributed by atoms with Crippen LogP contribution in [0.2, 0.25) is 0 Å². The molecule has 21 heavy (non-hydrogen) atoms. The van der Waals surface area contributed by atoms with Gasteiger partial charge in [-0.3, -0.25) is 0 Å². The van der Waals surface area contributed by atoms with Crippen molar-refractivity contribution in [3.05, 3.63) is 71.0 Å². The van der Waals surface area contributed by atoms with Crippen LogP contribution >= 0.6 is 0 Å². The van der Waals surface area contributed by atoms with Gasteiger partial charge in [-0.05, 0) is 31.2 Å². The lowest BCUT2D eigenvalue weighted by molar-refractivity contribution is 0.600. The lowest BCUT2D eigenvalue weighted by Crippen LogP contribution is -2.00. The Labute approximate surface area is 124 Å². The molecule has 2 aromatic carbocycles. The number of hydrogen-bond donors (Lipinski definition) is 0. The lowest BCUT2D eigenvalue weighted by atomic mass is 10.2. The van der Waals surface area contributed by atoms with Crippen molar-refractivity contribution in [1.29, 1.82) is 0 Å². The van der Waals surface area contributed by atoms with Gasteiger partial charge in [0.1, 0.15) is 0 Å². The van der Waals surface area contributed by atoms with Gasteiger partial charge in [0.25, 0.3) is 0 Å². The van der Waals surface area contributed by atoms with E-state index in [1.54, 1.807) is 30.3 Å². The Bertz CT molecular complexity index is 848. The van der Waals surface area contributed by atoms with Gasteiger partial charge in [0.15, 0.2) is 0 Å². The summed E-state index contributed by atoms with van der Waals surface area (Å²) in [6, 6.07) is 13.9. The van der Waals surface area contributed by atoms with Crippen molar-refractivity contribution in [3.63, 3.8) is 0 Å². The fourth-order valence-electron chi connectivity index (χ4n) is 1.64. The van der Waals surface area contributed by atoms with Gasteiger partial charge in [0.2, 0.25) is 19.7 Å². The molecule has 0 fully saturated rings. The maximum atomic E-state index is 12.1. The molecular weight excluding hydrogens is 308 g/mol. The van der Waals surface area contributed by atoms with Crippen molar-refractivity contribution in [2.45, 2.75) is 16.7 Å². The van der Waals surface area contributed by atoms with Crippen molar-refractivity contribution in [2.75, 3.05) is 0 Å². The topological polar surface area (TPSA) is 68.3 Å². The first kappa shape index (κ1) is 15.5. The molecule has 0 saturated carbocycles. The molecule has 0 aliphatic carbocycles. The zero-order valence-corrected chi connectivity index (χ0v) is 12.9. The predicted octanol–water partition coefficient (Wildman–Crippen LogP) is 2.71. The Morgan fingerprint density at radius 3 is 1.57 bits per heavy atom. The van der Waals surface area contributed by atoms with E-state index in [1.807, 2.05) is 6.92 Å². The van der Waals surface area contributed by atoms with Crippen molar-refractivity contribution in [3.8, 4) is 0 Å². The van der Waals surface area contributed by atoms with Crippen molar-refractivity contribution in [2.24, 2.45) is 0 Å². The van der Waals surface area contributed by atoms with E-state index in [9.17, 15) is 16.8 Å². The highest BCUT2D eigenvalue weighted by Crippen LogP contribution is 2.16. The Morgan fingerprint density at radius 1 is 0.667 bits per heavy atom. The third-order valence-corrected chi connectivity index (χ3v) is 5.85. The van der Waals surface area contributed by atoms with E-state index in [-0.39, 0.29) is 9.79 Å². The monoisotopic (exact) mass is 322 g/mol. The smallest absolute Gasteiger partial charge is 0.200 e. The molecule has 0 aliphatic heterocycles. The molecular formula is C15H14O4S2. The van der Waals surface area contributed by atoms with E-state index in [2.05, 4.69) is 0 Å². The quantitative estimate of drug-likeness (QED) is 0.868. The number of aryl methyl sites for hydroxylation is 1. The molecule has 0 unspecified atom stereocenters. The van der Waals surface area contributed by atoms with Crippen molar-refractivity contribution >= 4 is 19.7 Å². The molecule has 0 saturated heterocycles. The fourth-order valence-corrected chi connectivity index (χ4v) is 4.18. The van der Waals surface area contributed by atoms with Crippen LogP contribution in [0.1, 0.15) is 5.56 Å². The maximum absolute atomic E-state index is 12.1. The third-order valence-electron chi connectivity index (χ3n) is 2.84. The molecule has 0 aliphatic rings. The standard InChI is InChI=1S/C15H14O4S2/c1-13-7-9-15(10-8-13)21(18,19)12-11-20(16,17)14-5-3-2-4-6-14/h2-12H,1H3/b12-11+. The van der Waals surface area contributed by atoms with Crippen LogP contribution in [0, 0.1) is 6.92 Å². The average molecular weight is 322 g/mol. The highest BCUT2D eigenvalue weighted by Gasteiger charge is 2.14. The minimum Gasteiger partial charge on any atom is -0.219 e. The molecule has 4 nitrogen and oxygen atoms in total. The van der Waals surface area contributed by atoms with Crippen LogP contribution in [-0.4, -0.2) is 16.8 Å². The molecule has 0 heterocycles. The van der Waals surface area contributed by atoms with Gasteiger partial charge >= 0.3 is 0 Å². The Morgan fingerprint density at radius 2 is 1.10 bits per heavy atom. The average Bonchev–Trinajstić information content (AvgIpc) is 2.47. The van der Waals surface area contributed by atoms with Crippen LogP contribution in [-0.2, 0) is 19.7 Å². The van der Waals surface area contributed by atoms with Crippen molar-refractivity contribution < 1.29 is 16.8 Å². The number of hydrogen-bond acceptors (Lipinski definition) is 4. The maximum Gasteiger partial charge on any atom is 0.200 e. The van der Waals surface area contributed by atoms with Crippen LogP contribution in [0.5, 0.6) is 0 Å². The molecule has 0 N–H and O–H groups in total. The summed E-state index contributed by atoms with van der Waals surface area (Å²) in [6.45, 7) is 1.84. The molecule has 0 bridgehead atoms. The molecule has 2 rings (SSSR count). The van der Waals surface area contributed by atoms with Gasteiger partial charge < -0.3 is 0 Å². The van der Waals surface area contributed by atoms with E-state index in [0.29, 0.717) is 0 Å². The normalized spacial score (nSPS) is 12.6. The van der Waals surface area contributed by atoms with Crippen molar-refractivity contribution in [1.82, 2.24) is 0 Å². The van der Waals surface area contributed by atoms with Crippen LogP contribution in [0.3, 0.4) is 0 Å². The van der Waals surface area contributed by atoms with Gasteiger partial charge in [0.05, 0.1) is 9.79 Å². The summed E-state index contributed by atoms with van der Waals surface area (Å²) in [4.78, 5) is 0.118. The van der Waals surface area contributed by atoms with Crippen LogP contribution in [0.15, 0.2) is 75.2 Å². The number of sulfone groups is 2. The fraction of sp³-hybridized carbons (Fsp3) is 0.0667. The van der Waals surface area contributed by atoms with Gasteiger partial charge in [-0.2, -0.15) is 0 Å². The second kappa shape index (κ2) is 5.83. The highest BCUT2D eigenvalue weighted by atomic mass is 32.2. The lowest BCUT2D eigenvalue weighted by Gasteiger charge is -2.01. The summed E-state index contributed by atoms with van der Waals surface area (Å²) in [7, 11) is -7.55. The summed E-state index contributed by atoms with van der Waals surface area (Å²) in [5.74, 6) is 0. The first-order chi connectivity index (χ1) is 9.81. The van der Waals surface area contributed by atoms with E-state index in [1.165, 1.54) is 24.3 Å². The van der Waals surface area contributed by atoms with Crippen LogP contribution < -0.4 is 0 Å². The second-order valence-electron chi connectivity index (χ2n) is 4.49. The zero-order chi connectivity index (χ0) is 15.5. The van der Waals surface area contributed by atoms with Gasteiger partial charge in [-0.25, -0.2) is 16.8 Å². The molecule has 0 amide bonds. The van der Waals surface area contributed by atoms with E-state index in [0.717, 1.165) is 16.4 Å². The minimum absolute atomic E-state index is 0.0559. The molecule has 0 spiro atoms. The van der Waals surface area contributed by atoms with E-state index < -0.39 is 19.7 Å². The SMILES string of the molecule is Cc1ccc(S(=O)(=O)/C=C/S(=O)(=O)c2ccccc2)cc1. The highest BCUT2D eigenvalue weighted by molar-refractivity contribution is 7.97. The first-order valence-corrected chi connectivity index (χ1v) is 9.20. The van der Waals surface area contributed by atoms with Crippen LogP contribution in [0.25, 0.3) is 0 Å². The molecule has 0 atom stereocenters. The predicted molar refractivity (Wildman–Crippen MR) is 81.1 cm³/mol. The largest absolute Gasteiger partial charge is 0.219 e. The van der Waals surface area contributed by atoms with E-state index >= 15 is 0 Å². The van der Waals surface area contributed by atoms with Gasteiger partial charge in [-0.15, -0.1) is 0 Å². The molecule has 6 heteroatoms. The minimum atomic E-state index is -3.78. The number of rotatable bonds is 4. The number of benzene rings is 2. The van der Waals surface area contributed by atoms with Crippen LogP contribution in [0.4, 0.5) is 0 Å². The van der Waals surface area contributed by atoms with Gasteiger partial charge in [0, 0.05) is 10.8 Å². The molecule has 2 aromatic rings. The Balaban J connectivity index is 2.34. The summed E-state index contributed by atoms with van der Waals surface area (Å²) >= 11 is 0. The summed E-state index contributed by atoms with van der Waals surface area (Å²) in [5, 5.41) is 1.44. The van der Waals surface area contributed by atoms with E-state index in [4.69, 9.17) is 0 Å². The third kappa shape index (κ3) is 3.80.